The van der Waals surface area contributed by atoms with Crippen LogP contribution in [0.4, 0.5) is 4.79 Å². The van der Waals surface area contributed by atoms with E-state index in [1.165, 1.54) is 0 Å². The van der Waals surface area contributed by atoms with Crippen LogP contribution in [0.3, 0.4) is 0 Å². The molecule has 0 aromatic heterocycles. The number of nitrogens with two attached hydrogens (primary N) is 1. The lowest BCUT2D eigenvalue weighted by molar-refractivity contribution is -0.130. The van der Waals surface area contributed by atoms with Gasteiger partial charge in [-0.15, -0.1) is 0 Å². The van der Waals surface area contributed by atoms with Crippen molar-refractivity contribution in [1.29, 1.82) is 5.26 Å². The standard InChI is InChI=1S/C19H26N4O4/c1-12(2)15(18(25)22-16(17(21)24)13(3)9-10-20)23-19(26)27-11-14-7-5-4-6-8-14/h4-8,12-13,15-16H,9,11H2,1-3H3,(H2,21,24)(H,22,25)(H,23,26)/t13-,15-,16+/m0/s1. The first kappa shape index (κ1) is 22.0. The fraction of sp³-hybridized carbons (Fsp3) is 0.474. The Kier molecular flexibility index (Phi) is 8.79. The molecule has 0 aliphatic heterocycles. The molecule has 0 saturated carbocycles. The fourth-order valence-corrected chi connectivity index (χ4v) is 2.43. The van der Waals surface area contributed by atoms with Gasteiger partial charge in [-0.25, -0.2) is 4.79 Å². The first-order valence-corrected chi connectivity index (χ1v) is 8.70. The number of nitrogens with one attached hydrogen (secondary N) is 2. The zero-order valence-corrected chi connectivity index (χ0v) is 15.8. The molecule has 3 amide bonds. The van der Waals surface area contributed by atoms with Gasteiger partial charge in [0.25, 0.3) is 0 Å². The molecule has 1 aromatic carbocycles. The minimum atomic E-state index is -1.000. The number of carbonyl (C=O) groups excluding carboxylic acids is 3. The molecule has 8 nitrogen and oxygen atoms in total. The highest BCUT2D eigenvalue weighted by atomic mass is 16.5. The Morgan fingerprint density at radius 3 is 2.26 bits per heavy atom. The van der Waals surface area contributed by atoms with Crippen LogP contribution in [-0.4, -0.2) is 30.0 Å². The van der Waals surface area contributed by atoms with Crippen molar-refractivity contribution in [3.8, 4) is 6.07 Å². The third-order valence-electron chi connectivity index (χ3n) is 4.02. The lowest BCUT2D eigenvalue weighted by atomic mass is 9.96. The molecule has 4 N–H and O–H groups in total. The summed E-state index contributed by atoms with van der Waals surface area (Å²) < 4.78 is 5.13. The molecule has 1 aromatic rings. The van der Waals surface area contributed by atoms with Crippen LogP contribution in [0.5, 0.6) is 0 Å². The second-order valence-corrected chi connectivity index (χ2v) is 6.66. The van der Waals surface area contributed by atoms with Gasteiger partial charge in [0.05, 0.1) is 6.07 Å². The van der Waals surface area contributed by atoms with E-state index >= 15 is 0 Å². The topological polar surface area (TPSA) is 134 Å². The molecule has 0 radical (unpaired) electrons. The van der Waals surface area contributed by atoms with Crippen LogP contribution in [0.25, 0.3) is 0 Å². The molecular formula is C19H26N4O4. The Bertz CT molecular complexity index is 685. The highest BCUT2D eigenvalue weighted by molar-refractivity contribution is 5.91. The van der Waals surface area contributed by atoms with E-state index in [4.69, 9.17) is 15.7 Å². The van der Waals surface area contributed by atoms with E-state index in [-0.39, 0.29) is 18.9 Å². The predicted molar refractivity (Wildman–Crippen MR) is 98.9 cm³/mol. The van der Waals surface area contributed by atoms with Crippen molar-refractivity contribution >= 4 is 17.9 Å². The summed E-state index contributed by atoms with van der Waals surface area (Å²) in [5, 5.41) is 13.8. The minimum Gasteiger partial charge on any atom is -0.445 e. The molecule has 0 spiro atoms. The van der Waals surface area contributed by atoms with E-state index in [9.17, 15) is 14.4 Å². The van der Waals surface area contributed by atoms with E-state index in [0.717, 1.165) is 5.56 Å². The predicted octanol–water partition coefficient (Wildman–Crippen LogP) is 1.46. The fourth-order valence-electron chi connectivity index (χ4n) is 2.43. The van der Waals surface area contributed by atoms with Gasteiger partial charge in [0.2, 0.25) is 11.8 Å². The van der Waals surface area contributed by atoms with Crippen LogP contribution in [0.2, 0.25) is 0 Å². The van der Waals surface area contributed by atoms with Crippen LogP contribution in [0, 0.1) is 23.2 Å². The van der Waals surface area contributed by atoms with E-state index in [1.807, 2.05) is 36.4 Å². The number of nitriles is 1. The van der Waals surface area contributed by atoms with Crippen LogP contribution >= 0.6 is 0 Å². The Labute approximate surface area is 159 Å². The number of amides is 3. The number of ether oxygens (including phenoxy) is 1. The molecule has 146 valence electrons. The molecule has 27 heavy (non-hydrogen) atoms. The zero-order chi connectivity index (χ0) is 20.4. The molecule has 0 fully saturated rings. The Morgan fingerprint density at radius 1 is 1.11 bits per heavy atom. The monoisotopic (exact) mass is 374 g/mol. The van der Waals surface area contributed by atoms with E-state index in [2.05, 4.69) is 10.6 Å². The molecule has 0 bridgehead atoms. The summed E-state index contributed by atoms with van der Waals surface area (Å²) in [5.41, 5.74) is 6.15. The number of benzene rings is 1. The van der Waals surface area contributed by atoms with Crippen LogP contribution in [0.15, 0.2) is 30.3 Å². The summed E-state index contributed by atoms with van der Waals surface area (Å²) in [6, 6.07) is 9.16. The number of hydrogen-bond donors (Lipinski definition) is 3. The van der Waals surface area contributed by atoms with Gasteiger partial charge in [-0.3, -0.25) is 9.59 Å². The van der Waals surface area contributed by atoms with Gasteiger partial charge in [0.15, 0.2) is 0 Å². The molecule has 8 heteroatoms. The zero-order valence-electron chi connectivity index (χ0n) is 15.8. The molecule has 0 unspecified atom stereocenters. The molecule has 3 atom stereocenters. The number of alkyl carbamates (subject to hydrolysis) is 1. The van der Waals surface area contributed by atoms with Crippen molar-refractivity contribution < 1.29 is 19.1 Å². The SMILES string of the molecule is CC(C)[C@H](NC(=O)OCc1ccccc1)C(=O)N[C@@H](C(N)=O)[C@@H](C)CC#N. The van der Waals surface area contributed by atoms with Crippen molar-refractivity contribution in [3.63, 3.8) is 0 Å². The molecule has 0 heterocycles. The first-order chi connectivity index (χ1) is 12.8. The number of hydrogen-bond acceptors (Lipinski definition) is 5. The average molecular weight is 374 g/mol. The molecule has 0 aliphatic rings. The van der Waals surface area contributed by atoms with Crippen LogP contribution < -0.4 is 16.4 Å². The second kappa shape index (κ2) is 10.8. The van der Waals surface area contributed by atoms with Crippen molar-refractivity contribution in [2.45, 2.75) is 45.9 Å². The summed E-state index contributed by atoms with van der Waals surface area (Å²) in [7, 11) is 0. The Balaban J connectivity index is 2.70. The quantitative estimate of drug-likeness (QED) is 0.601. The number of carbonyl (C=O) groups is 3. The van der Waals surface area contributed by atoms with E-state index in [0.29, 0.717) is 0 Å². The second-order valence-electron chi connectivity index (χ2n) is 6.66. The summed E-state index contributed by atoms with van der Waals surface area (Å²) in [6.07, 6.45) is -0.680. The minimum absolute atomic E-state index is 0.0623. The number of rotatable bonds is 9. The number of nitrogens with zero attached hydrogens (tertiary/aromatic N) is 1. The summed E-state index contributed by atoms with van der Waals surface area (Å²) >= 11 is 0. The van der Waals surface area contributed by atoms with Gasteiger partial charge < -0.3 is 21.1 Å². The van der Waals surface area contributed by atoms with Gasteiger partial charge in [0.1, 0.15) is 18.7 Å². The maximum Gasteiger partial charge on any atom is 0.408 e. The van der Waals surface area contributed by atoms with Crippen molar-refractivity contribution in [1.82, 2.24) is 10.6 Å². The third-order valence-corrected chi connectivity index (χ3v) is 4.02. The Morgan fingerprint density at radius 2 is 1.74 bits per heavy atom. The van der Waals surface area contributed by atoms with E-state index in [1.54, 1.807) is 20.8 Å². The highest BCUT2D eigenvalue weighted by Gasteiger charge is 2.30. The van der Waals surface area contributed by atoms with Gasteiger partial charge in [-0.2, -0.15) is 5.26 Å². The molecule has 0 aliphatic carbocycles. The largest absolute Gasteiger partial charge is 0.445 e. The summed E-state index contributed by atoms with van der Waals surface area (Å²) in [6.45, 7) is 5.21. The lowest BCUT2D eigenvalue weighted by Crippen LogP contribution is -2.56. The van der Waals surface area contributed by atoms with Gasteiger partial charge in [-0.05, 0) is 17.4 Å². The molecule has 0 saturated heterocycles. The van der Waals surface area contributed by atoms with Gasteiger partial charge in [-0.1, -0.05) is 51.1 Å². The van der Waals surface area contributed by atoms with Crippen molar-refractivity contribution in [2.24, 2.45) is 17.6 Å². The lowest BCUT2D eigenvalue weighted by Gasteiger charge is -2.26. The third kappa shape index (κ3) is 7.36. The normalized spacial score (nSPS) is 13.7. The maximum atomic E-state index is 12.5. The van der Waals surface area contributed by atoms with Crippen molar-refractivity contribution in [3.05, 3.63) is 35.9 Å². The summed E-state index contributed by atoms with van der Waals surface area (Å²) in [5.74, 6) is -2.00. The summed E-state index contributed by atoms with van der Waals surface area (Å²) in [4.78, 5) is 36.2. The molecular weight excluding hydrogens is 348 g/mol. The van der Waals surface area contributed by atoms with Gasteiger partial charge in [0, 0.05) is 6.42 Å². The van der Waals surface area contributed by atoms with Crippen LogP contribution in [-0.2, 0) is 20.9 Å². The average Bonchev–Trinajstić information content (AvgIpc) is 2.62. The van der Waals surface area contributed by atoms with E-state index < -0.39 is 35.9 Å². The highest BCUT2D eigenvalue weighted by Crippen LogP contribution is 2.10. The smallest absolute Gasteiger partial charge is 0.408 e. The molecule has 1 rings (SSSR count). The Hall–Kier alpha value is -3.08. The first-order valence-electron chi connectivity index (χ1n) is 8.70. The maximum absolute atomic E-state index is 12.5. The number of primary amides is 1. The van der Waals surface area contributed by atoms with Crippen molar-refractivity contribution in [2.75, 3.05) is 0 Å². The van der Waals surface area contributed by atoms with Gasteiger partial charge >= 0.3 is 6.09 Å². The van der Waals surface area contributed by atoms with Crippen LogP contribution in [0.1, 0.15) is 32.8 Å².